The van der Waals surface area contributed by atoms with Crippen LogP contribution in [-0.2, 0) is 19.6 Å². The minimum absolute atomic E-state index is 0.104. The number of benzene rings is 2. The van der Waals surface area contributed by atoms with Gasteiger partial charge in [-0.15, -0.1) is 0 Å². The first-order chi connectivity index (χ1) is 16.3. The van der Waals surface area contributed by atoms with Gasteiger partial charge < -0.3 is 19.3 Å². The van der Waals surface area contributed by atoms with Gasteiger partial charge in [-0.2, -0.15) is 4.31 Å². The molecule has 34 heavy (non-hydrogen) atoms. The molecule has 184 valence electrons. The zero-order valence-electron chi connectivity index (χ0n) is 19.4. The number of hydrogen-bond donors (Lipinski definition) is 0. The van der Waals surface area contributed by atoms with E-state index < -0.39 is 16.1 Å². The summed E-state index contributed by atoms with van der Waals surface area (Å²) in [6.45, 7) is 7.82. The summed E-state index contributed by atoms with van der Waals surface area (Å²) in [5.41, 5.74) is 2.14. The lowest BCUT2D eigenvalue weighted by Crippen LogP contribution is -2.48. The van der Waals surface area contributed by atoms with Crippen molar-refractivity contribution in [3.05, 3.63) is 53.1 Å². The third-order valence-corrected chi connectivity index (χ3v) is 8.34. The van der Waals surface area contributed by atoms with E-state index in [1.54, 1.807) is 24.0 Å². The summed E-state index contributed by atoms with van der Waals surface area (Å²) in [4.78, 5) is 16.6. The predicted molar refractivity (Wildman–Crippen MR) is 131 cm³/mol. The van der Waals surface area contributed by atoms with Crippen molar-refractivity contribution in [2.75, 3.05) is 57.4 Å². The molecule has 1 amide bonds. The number of ether oxygens (including phenoxy) is 2. The van der Waals surface area contributed by atoms with Crippen LogP contribution in [0.15, 0.2) is 47.4 Å². The number of piperazine rings is 1. The average molecular weight is 508 g/mol. The van der Waals surface area contributed by atoms with E-state index in [0.717, 1.165) is 11.3 Å². The van der Waals surface area contributed by atoms with Crippen molar-refractivity contribution in [3.8, 4) is 5.75 Å². The lowest BCUT2D eigenvalue weighted by molar-refractivity contribution is -0.142. The minimum atomic E-state index is -3.63. The molecule has 2 saturated heterocycles. The van der Waals surface area contributed by atoms with Crippen LogP contribution in [0.25, 0.3) is 0 Å². The molecule has 8 nitrogen and oxygen atoms in total. The van der Waals surface area contributed by atoms with Crippen LogP contribution in [0, 0.1) is 6.92 Å². The highest BCUT2D eigenvalue weighted by Gasteiger charge is 2.29. The van der Waals surface area contributed by atoms with Gasteiger partial charge in [-0.25, -0.2) is 8.42 Å². The fourth-order valence-electron chi connectivity index (χ4n) is 4.23. The maximum Gasteiger partial charge on any atom is 0.263 e. The van der Waals surface area contributed by atoms with E-state index in [1.165, 1.54) is 16.4 Å². The van der Waals surface area contributed by atoms with Crippen LogP contribution in [0.2, 0.25) is 5.02 Å². The number of amides is 1. The van der Waals surface area contributed by atoms with Crippen molar-refractivity contribution in [2.24, 2.45) is 0 Å². The molecule has 0 N–H and O–H groups in total. The molecule has 0 radical (unpaired) electrons. The van der Waals surface area contributed by atoms with E-state index >= 15 is 0 Å². The zero-order valence-corrected chi connectivity index (χ0v) is 21.0. The average Bonchev–Trinajstić information content (AvgIpc) is 2.86. The van der Waals surface area contributed by atoms with Crippen LogP contribution >= 0.6 is 11.6 Å². The second-order valence-corrected chi connectivity index (χ2v) is 10.9. The van der Waals surface area contributed by atoms with Gasteiger partial charge in [0, 0.05) is 50.0 Å². The van der Waals surface area contributed by atoms with Crippen molar-refractivity contribution in [2.45, 2.75) is 24.8 Å². The smallest absolute Gasteiger partial charge is 0.263 e. The first kappa shape index (κ1) is 24.8. The largest absolute Gasteiger partial charge is 0.481 e. The van der Waals surface area contributed by atoms with Crippen molar-refractivity contribution >= 4 is 33.2 Å². The van der Waals surface area contributed by atoms with Gasteiger partial charge in [0.05, 0.1) is 18.1 Å². The number of anilines is 1. The fraction of sp³-hybridized carbons (Fsp3) is 0.458. The van der Waals surface area contributed by atoms with Crippen LogP contribution < -0.4 is 9.64 Å². The van der Waals surface area contributed by atoms with Crippen molar-refractivity contribution < 1.29 is 22.7 Å². The zero-order chi connectivity index (χ0) is 24.3. The van der Waals surface area contributed by atoms with Crippen LogP contribution in [0.3, 0.4) is 0 Å². The number of morpholine rings is 1. The fourth-order valence-corrected chi connectivity index (χ4v) is 5.82. The second kappa shape index (κ2) is 10.5. The first-order valence-corrected chi connectivity index (χ1v) is 13.2. The van der Waals surface area contributed by atoms with E-state index in [-0.39, 0.29) is 10.8 Å². The van der Waals surface area contributed by atoms with Crippen molar-refractivity contribution in [1.29, 1.82) is 0 Å². The number of nitrogens with zero attached hydrogens (tertiary/aromatic N) is 3. The maximum absolute atomic E-state index is 13.2. The molecule has 2 aromatic rings. The van der Waals surface area contributed by atoms with Crippen molar-refractivity contribution in [3.63, 3.8) is 0 Å². The molecule has 1 atom stereocenters. The number of sulfonamides is 1. The maximum atomic E-state index is 13.2. The molecule has 2 aromatic carbocycles. The van der Waals surface area contributed by atoms with E-state index in [9.17, 15) is 13.2 Å². The van der Waals surface area contributed by atoms with E-state index in [1.807, 2.05) is 25.1 Å². The summed E-state index contributed by atoms with van der Waals surface area (Å²) in [7, 11) is -3.63. The topological polar surface area (TPSA) is 79.4 Å². The summed E-state index contributed by atoms with van der Waals surface area (Å²) in [5, 5.41) is 0.666. The van der Waals surface area contributed by atoms with E-state index in [0.29, 0.717) is 63.3 Å². The highest BCUT2D eigenvalue weighted by atomic mass is 35.5. The van der Waals surface area contributed by atoms with Crippen LogP contribution in [0.1, 0.15) is 12.5 Å². The predicted octanol–water partition coefficient (Wildman–Crippen LogP) is 2.79. The van der Waals surface area contributed by atoms with Gasteiger partial charge in [-0.3, -0.25) is 4.79 Å². The molecule has 2 fully saturated rings. The molecule has 2 aliphatic heterocycles. The highest BCUT2D eigenvalue weighted by molar-refractivity contribution is 7.89. The molecule has 0 unspecified atom stereocenters. The quantitative estimate of drug-likeness (QED) is 0.598. The Morgan fingerprint density at radius 3 is 2.29 bits per heavy atom. The van der Waals surface area contributed by atoms with E-state index in [2.05, 4.69) is 4.90 Å². The normalized spacial score (nSPS) is 18.6. The molecule has 0 aromatic heterocycles. The van der Waals surface area contributed by atoms with Crippen molar-refractivity contribution in [1.82, 2.24) is 9.21 Å². The molecule has 2 aliphatic rings. The third-order valence-electron chi connectivity index (χ3n) is 6.20. The van der Waals surface area contributed by atoms with Gasteiger partial charge in [0.15, 0.2) is 6.10 Å². The molecule has 4 rings (SSSR count). The Morgan fingerprint density at radius 1 is 1.00 bits per heavy atom. The Hall–Kier alpha value is -2.33. The minimum Gasteiger partial charge on any atom is -0.481 e. The Bertz CT molecular complexity index is 1110. The highest BCUT2D eigenvalue weighted by Crippen LogP contribution is 2.27. The van der Waals surface area contributed by atoms with Gasteiger partial charge >= 0.3 is 0 Å². The Balaban J connectivity index is 1.36. The van der Waals surface area contributed by atoms with Crippen LogP contribution in [0.4, 0.5) is 5.69 Å². The van der Waals surface area contributed by atoms with Crippen LogP contribution in [0.5, 0.6) is 5.75 Å². The molecule has 0 bridgehead atoms. The molecule has 0 saturated carbocycles. The van der Waals surface area contributed by atoms with Crippen LogP contribution in [-0.4, -0.2) is 82.1 Å². The summed E-state index contributed by atoms with van der Waals surface area (Å²) in [6, 6.07) is 12.0. The van der Waals surface area contributed by atoms with Gasteiger partial charge in [0.25, 0.3) is 5.91 Å². The number of carbonyl (C=O) groups is 1. The first-order valence-electron chi connectivity index (χ1n) is 11.4. The summed E-state index contributed by atoms with van der Waals surface area (Å²) >= 11 is 6.15. The Kier molecular flexibility index (Phi) is 7.67. The van der Waals surface area contributed by atoms with Gasteiger partial charge in [-0.05, 0) is 55.8 Å². The lowest BCUT2D eigenvalue weighted by atomic mass is 10.1. The van der Waals surface area contributed by atoms with Gasteiger partial charge in [0.1, 0.15) is 5.75 Å². The monoisotopic (exact) mass is 507 g/mol. The summed E-state index contributed by atoms with van der Waals surface area (Å²) in [6.07, 6.45) is -0.663. The van der Waals surface area contributed by atoms with Gasteiger partial charge in [-0.1, -0.05) is 17.7 Å². The molecule has 0 aliphatic carbocycles. The summed E-state index contributed by atoms with van der Waals surface area (Å²) < 4.78 is 38.9. The number of hydrogen-bond acceptors (Lipinski definition) is 6. The SMILES string of the molecule is Cc1ccc(Cl)cc1N1CCN(S(=O)(=O)c2ccc(O[C@H](C)C(=O)N3CCOCC3)cc2)CC1. The van der Waals surface area contributed by atoms with E-state index in [4.69, 9.17) is 21.1 Å². The van der Waals surface area contributed by atoms with Gasteiger partial charge in [0.2, 0.25) is 10.0 Å². The third kappa shape index (κ3) is 5.49. The summed E-state index contributed by atoms with van der Waals surface area (Å²) in [5.74, 6) is 0.349. The number of aryl methyl sites for hydroxylation is 1. The second-order valence-electron chi connectivity index (χ2n) is 8.49. The molecule has 0 spiro atoms. The lowest BCUT2D eigenvalue weighted by Gasteiger charge is -2.36. The number of halogens is 1. The number of rotatable bonds is 6. The molecular formula is C24H30ClN3O5S. The molecular weight excluding hydrogens is 478 g/mol. The molecule has 2 heterocycles. The molecule has 10 heteroatoms. The Labute approximate surface area is 206 Å². The Morgan fingerprint density at radius 2 is 1.65 bits per heavy atom. The standard InChI is InChI=1S/C24H30ClN3O5S/c1-18-3-4-20(25)17-23(18)26-9-11-28(12-10-26)34(30,31)22-7-5-21(6-8-22)33-19(2)24(29)27-13-15-32-16-14-27/h3-8,17,19H,9-16H2,1-2H3/t19-/m1/s1. The number of carbonyl (C=O) groups excluding carboxylic acids is 1.